The number of carboxylic acids is 1. The SMILES string of the molecule is CC(C)C[C@H](CNC(=O)NC1CCC(C)(C)C1)CC(=O)O. The average Bonchev–Trinajstić information content (AvgIpc) is 2.64. The van der Waals surface area contributed by atoms with Gasteiger partial charge in [0.2, 0.25) is 0 Å². The third-order valence-corrected chi connectivity index (χ3v) is 4.12. The highest BCUT2D eigenvalue weighted by atomic mass is 16.4. The van der Waals surface area contributed by atoms with E-state index in [2.05, 4.69) is 38.3 Å². The fourth-order valence-electron chi connectivity index (χ4n) is 3.19. The van der Waals surface area contributed by atoms with E-state index < -0.39 is 5.97 Å². The van der Waals surface area contributed by atoms with Gasteiger partial charge < -0.3 is 15.7 Å². The minimum Gasteiger partial charge on any atom is -0.481 e. The highest BCUT2D eigenvalue weighted by molar-refractivity contribution is 5.74. The van der Waals surface area contributed by atoms with E-state index in [1.54, 1.807) is 0 Å². The summed E-state index contributed by atoms with van der Waals surface area (Å²) in [5.41, 5.74) is 0.307. The van der Waals surface area contributed by atoms with Crippen LogP contribution in [0.5, 0.6) is 0 Å². The number of carboxylic acid groups (broad SMARTS) is 1. The molecular weight excluding hydrogens is 268 g/mol. The smallest absolute Gasteiger partial charge is 0.315 e. The highest BCUT2D eigenvalue weighted by Crippen LogP contribution is 2.36. The van der Waals surface area contributed by atoms with E-state index in [-0.39, 0.29) is 24.4 Å². The first-order valence-electron chi connectivity index (χ1n) is 7.94. The number of carbonyl (C=O) groups excluding carboxylic acids is 1. The number of nitrogens with one attached hydrogen (secondary N) is 2. The summed E-state index contributed by atoms with van der Waals surface area (Å²) in [5, 5.41) is 14.8. The lowest BCUT2D eigenvalue weighted by Gasteiger charge is -2.20. The second kappa shape index (κ2) is 7.66. The molecule has 0 aromatic rings. The molecule has 1 fully saturated rings. The summed E-state index contributed by atoms with van der Waals surface area (Å²) in [7, 11) is 0. The Balaban J connectivity index is 2.34. The van der Waals surface area contributed by atoms with Crippen molar-refractivity contribution in [2.75, 3.05) is 6.54 Å². The molecule has 5 nitrogen and oxygen atoms in total. The van der Waals surface area contributed by atoms with Crippen molar-refractivity contribution in [3.63, 3.8) is 0 Å². The van der Waals surface area contributed by atoms with Crippen molar-refractivity contribution in [3.8, 4) is 0 Å². The van der Waals surface area contributed by atoms with Crippen LogP contribution in [0.2, 0.25) is 0 Å². The summed E-state index contributed by atoms with van der Waals surface area (Å²) in [6, 6.07) is 0.0693. The molecule has 1 aliphatic rings. The molecule has 0 heterocycles. The summed E-state index contributed by atoms with van der Waals surface area (Å²) in [4.78, 5) is 22.8. The topological polar surface area (TPSA) is 78.4 Å². The second-order valence-electron chi connectivity index (χ2n) is 7.55. The Bertz CT molecular complexity index is 367. The molecule has 5 heteroatoms. The molecule has 0 spiro atoms. The largest absolute Gasteiger partial charge is 0.481 e. The first kappa shape index (κ1) is 17.8. The first-order chi connectivity index (χ1) is 9.68. The Hall–Kier alpha value is -1.26. The van der Waals surface area contributed by atoms with E-state index in [4.69, 9.17) is 5.11 Å². The minimum absolute atomic E-state index is 0.00623. The molecule has 1 rings (SSSR count). The van der Waals surface area contributed by atoms with Crippen LogP contribution in [0, 0.1) is 17.3 Å². The van der Waals surface area contributed by atoms with E-state index in [0.29, 0.717) is 17.9 Å². The number of aliphatic carboxylic acids is 1. The molecule has 1 saturated carbocycles. The second-order valence-corrected chi connectivity index (χ2v) is 7.55. The number of amides is 2. The summed E-state index contributed by atoms with van der Waals surface area (Å²) < 4.78 is 0. The van der Waals surface area contributed by atoms with Gasteiger partial charge in [0.25, 0.3) is 0 Å². The molecule has 0 saturated heterocycles. The molecule has 122 valence electrons. The van der Waals surface area contributed by atoms with Crippen molar-refractivity contribution >= 4 is 12.0 Å². The van der Waals surface area contributed by atoms with Gasteiger partial charge in [-0.2, -0.15) is 0 Å². The Morgan fingerprint density at radius 3 is 2.48 bits per heavy atom. The third-order valence-electron chi connectivity index (χ3n) is 4.12. The first-order valence-corrected chi connectivity index (χ1v) is 7.94. The van der Waals surface area contributed by atoms with Crippen LogP contribution in [0.25, 0.3) is 0 Å². The Morgan fingerprint density at radius 2 is 2.00 bits per heavy atom. The van der Waals surface area contributed by atoms with Crippen LogP contribution in [0.15, 0.2) is 0 Å². The zero-order chi connectivity index (χ0) is 16.0. The van der Waals surface area contributed by atoms with Crippen molar-refractivity contribution in [2.45, 2.75) is 65.8 Å². The number of hydrogen-bond acceptors (Lipinski definition) is 2. The van der Waals surface area contributed by atoms with Crippen LogP contribution < -0.4 is 10.6 Å². The summed E-state index contributed by atoms with van der Waals surface area (Å²) in [6.45, 7) is 8.99. The van der Waals surface area contributed by atoms with E-state index in [9.17, 15) is 9.59 Å². The van der Waals surface area contributed by atoms with E-state index >= 15 is 0 Å². The molecule has 0 bridgehead atoms. The van der Waals surface area contributed by atoms with Crippen molar-refractivity contribution in [2.24, 2.45) is 17.3 Å². The Labute approximate surface area is 127 Å². The number of hydrogen-bond donors (Lipinski definition) is 3. The van der Waals surface area contributed by atoms with Gasteiger partial charge in [-0.3, -0.25) is 4.79 Å². The Morgan fingerprint density at radius 1 is 1.33 bits per heavy atom. The molecule has 0 aromatic carbocycles. The fourth-order valence-corrected chi connectivity index (χ4v) is 3.19. The minimum atomic E-state index is -0.805. The van der Waals surface area contributed by atoms with Crippen LogP contribution in [0.3, 0.4) is 0 Å². The molecule has 0 radical (unpaired) electrons. The van der Waals surface area contributed by atoms with Crippen LogP contribution in [0.4, 0.5) is 4.79 Å². The van der Waals surface area contributed by atoms with Gasteiger partial charge in [-0.25, -0.2) is 4.79 Å². The molecule has 2 amide bonds. The zero-order valence-corrected chi connectivity index (χ0v) is 13.7. The lowest BCUT2D eigenvalue weighted by molar-refractivity contribution is -0.138. The van der Waals surface area contributed by atoms with Crippen molar-refractivity contribution < 1.29 is 14.7 Å². The zero-order valence-electron chi connectivity index (χ0n) is 13.7. The number of rotatable bonds is 7. The van der Waals surface area contributed by atoms with Gasteiger partial charge >= 0.3 is 12.0 Å². The maximum Gasteiger partial charge on any atom is 0.315 e. The third kappa shape index (κ3) is 7.34. The van der Waals surface area contributed by atoms with Gasteiger partial charge in [0.1, 0.15) is 0 Å². The molecule has 1 aliphatic carbocycles. The monoisotopic (exact) mass is 298 g/mol. The van der Waals surface area contributed by atoms with E-state index in [1.165, 1.54) is 0 Å². The summed E-state index contributed by atoms with van der Waals surface area (Å²) in [5.74, 6) is -0.386. The normalized spacial score (nSPS) is 22.0. The predicted molar refractivity (Wildman–Crippen MR) is 83.2 cm³/mol. The fraction of sp³-hybridized carbons (Fsp3) is 0.875. The standard InChI is InChI=1S/C16H30N2O3/c1-11(2)7-12(8-14(19)20)10-17-15(21)18-13-5-6-16(3,4)9-13/h11-13H,5-10H2,1-4H3,(H,19,20)(H2,17,18,21)/t12-,13?/m0/s1. The quantitative estimate of drug-likeness (QED) is 0.676. The van der Waals surface area contributed by atoms with Gasteiger partial charge in [0, 0.05) is 19.0 Å². The van der Waals surface area contributed by atoms with Crippen LogP contribution in [0.1, 0.15) is 59.8 Å². The number of urea groups is 1. The number of carbonyl (C=O) groups is 2. The van der Waals surface area contributed by atoms with Crippen LogP contribution >= 0.6 is 0 Å². The molecule has 0 aliphatic heterocycles. The maximum absolute atomic E-state index is 11.9. The van der Waals surface area contributed by atoms with Crippen LogP contribution in [-0.2, 0) is 4.79 Å². The van der Waals surface area contributed by atoms with Gasteiger partial charge in [-0.1, -0.05) is 27.7 Å². The van der Waals surface area contributed by atoms with E-state index in [1.807, 2.05) is 0 Å². The van der Waals surface area contributed by atoms with Gasteiger partial charge in [0.05, 0.1) is 0 Å². The van der Waals surface area contributed by atoms with Crippen LogP contribution in [-0.4, -0.2) is 29.7 Å². The molecule has 3 N–H and O–H groups in total. The lowest BCUT2D eigenvalue weighted by Crippen LogP contribution is -2.43. The summed E-state index contributed by atoms with van der Waals surface area (Å²) in [6.07, 6.45) is 4.07. The van der Waals surface area contributed by atoms with E-state index in [0.717, 1.165) is 25.7 Å². The molecule has 21 heavy (non-hydrogen) atoms. The molecule has 0 aromatic heterocycles. The van der Waals surface area contributed by atoms with Crippen molar-refractivity contribution in [3.05, 3.63) is 0 Å². The van der Waals surface area contributed by atoms with Crippen molar-refractivity contribution in [1.82, 2.24) is 10.6 Å². The molecular formula is C16H30N2O3. The predicted octanol–water partition coefficient (Wildman–Crippen LogP) is 3.00. The Kier molecular flexibility index (Phi) is 6.49. The van der Waals surface area contributed by atoms with Gasteiger partial charge in [-0.15, -0.1) is 0 Å². The van der Waals surface area contributed by atoms with Gasteiger partial charge in [0.15, 0.2) is 0 Å². The van der Waals surface area contributed by atoms with Gasteiger partial charge in [-0.05, 0) is 42.9 Å². The molecule has 1 unspecified atom stereocenters. The maximum atomic E-state index is 11.9. The summed E-state index contributed by atoms with van der Waals surface area (Å²) >= 11 is 0. The van der Waals surface area contributed by atoms with Crippen molar-refractivity contribution in [1.29, 1.82) is 0 Å². The average molecular weight is 298 g/mol. The molecule has 2 atom stereocenters. The highest BCUT2D eigenvalue weighted by Gasteiger charge is 2.31. The lowest BCUT2D eigenvalue weighted by atomic mass is 9.92.